The lowest BCUT2D eigenvalue weighted by Crippen LogP contribution is -2.43. The molecule has 1 saturated carbocycles. The van der Waals surface area contributed by atoms with E-state index >= 15 is 0 Å². The van der Waals surface area contributed by atoms with Gasteiger partial charge in [-0.2, -0.15) is 0 Å². The SMILES string of the molecule is CNC(=O)C(NC(=O)C1(c2ccccc2)CC1)c1ccc(F)c(F)c1. The maximum Gasteiger partial charge on any atom is 0.246 e. The van der Waals surface area contributed by atoms with E-state index in [9.17, 15) is 18.4 Å². The summed E-state index contributed by atoms with van der Waals surface area (Å²) in [5, 5.41) is 5.14. The van der Waals surface area contributed by atoms with Crippen molar-refractivity contribution in [1.82, 2.24) is 10.6 Å². The van der Waals surface area contributed by atoms with Crippen LogP contribution in [0.25, 0.3) is 0 Å². The molecule has 1 atom stereocenters. The molecule has 6 heteroatoms. The van der Waals surface area contributed by atoms with E-state index in [1.54, 1.807) is 0 Å². The van der Waals surface area contributed by atoms with Gasteiger partial charge in [0.05, 0.1) is 5.41 Å². The lowest BCUT2D eigenvalue weighted by molar-refractivity contribution is -0.130. The lowest BCUT2D eigenvalue weighted by Gasteiger charge is -2.22. The third-order valence-corrected chi connectivity index (χ3v) is 4.57. The molecule has 0 aromatic heterocycles. The minimum atomic E-state index is -1.09. The molecule has 0 spiro atoms. The van der Waals surface area contributed by atoms with Crippen LogP contribution < -0.4 is 10.6 Å². The molecule has 3 rings (SSSR count). The average molecular weight is 344 g/mol. The summed E-state index contributed by atoms with van der Waals surface area (Å²) in [6.45, 7) is 0. The second kappa shape index (κ2) is 6.63. The average Bonchev–Trinajstić information content (AvgIpc) is 3.44. The van der Waals surface area contributed by atoms with Crippen LogP contribution in [0, 0.1) is 11.6 Å². The molecule has 2 aromatic carbocycles. The maximum atomic E-state index is 13.5. The first-order valence-corrected chi connectivity index (χ1v) is 8.01. The Hall–Kier alpha value is -2.76. The summed E-state index contributed by atoms with van der Waals surface area (Å²) in [5.41, 5.74) is 0.412. The van der Waals surface area contributed by atoms with Gasteiger partial charge >= 0.3 is 0 Å². The summed E-state index contributed by atoms with van der Waals surface area (Å²) in [6, 6.07) is 11.4. The van der Waals surface area contributed by atoms with Crippen molar-refractivity contribution in [3.05, 3.63) is 71.3 Å². The summed E-state index contributed by atoms with van der Waals surface area (Å²) in [7, 11) is 1.42. The summed E-state index contributed by atoms with van der Waals surface area (Å²) in [4.78, 5) is 25.0. The highest BCUT2D eigenvalue weighted by molar-refractivity contribution is 5.95. The summed E-state index contributed by atoms with van der Waals surface area (Å²) in [5.74, 6) is -2.86. The van der Waals surface area contributed by atoms with Crippen LogP contribution in [-0.4, -0.2) is 18.9 Å². The second-order valence-electron chi connectivity index (χ2n) is 6.14. The predicted molar refractivity (Wildman–Crippen MR) is 88.7 cm³/mol. The third-order valence-electron chi connectivity index (χ3n) is 4.57. The molecule has 1 aliphatic rings. The fourth-order valence-corrected chi connectivity index (χ4v) is 2.93. The largest absolute Gasteiger partial charge is 0.357 e. The predicted octanol–water partition coefficient (Wildman–Crippen LogP) is 2.60. The monoisotopic (exact) mass is 344 g/mol. The van der Waals surface area contributed by atoms with Gasteiger partial charge in [-0.1, -0.05) is 36.4 Å². The van der Waals surface area contributed by atoms with Gasteiger partial charge in [0.1, 0.15) is 6.04 Å². The first-order valence-electron chi connectivity index (χ1n) is 8.01. The van der Waals surface area contributed by atoms with Gasteiger partial charge in [0, 0.05) is 7.05 Å². The van der Waals surface area contributed by atoms with Gasteiger partial charge in [-0.25, -0.2) is 8.78 Å². The zero-order valence-corrected chi connectivity index (χ0v) is 13.7. The molecule has 2 N–H and O–H groups in total. The van der Waals surface area contributed by atoms with Crippen LogP contribution in [0.2, 0.25) is 0 Å². The topological polar surface area (TPSA) is 58.2 Å². The van der Waals surface area contributed by atoms with Crippen LogP contribution in [-0.2, 0) is 15.0 Å². The number of hydrogen-bond acceptors (Lipinski definition) is 2. The van der Waals surface area contributed by atoms with Gasteiger partial charge < -0.3 is 10.6 Å². The van der Waals surface area contributed by atoms with Gasteiger partial charge in [0.15, 0.2) is 11.6 Å². The Balaban J connectivity index is 1.87. The molecular weight excluding hydrogens is 326 g/mol. The van der Waals surface area contributed by atoms with Crippen LogP contribution in [0.15, 0.2) is 48.5 Å². The molecular formula is C19H18F2N2O2. The molecule has 2 aromatic rings. The number of carbonyl (C=O) groups is 2. The normalized spacial score (nSPS) is 16.0. The molecule has 1 aliphatic carbocycles. The molecule has 25 heavy (non-hydrogen) atoms. The van der Waals surface area contributed by atoms with Crippen molar-refractivity contribution in [1.29, 1.82) is 0 Å². The minimum absolute atomic E-state index is 0.190. The van der Waals surface area contributed by atoms with Crippen molar-refractivity contribution in [2.75, 3.05) is 7.05 Å². The standard InChI is InChI=1S/C19H18F2N2O2/c1-22-17(24)16(12-7-8-14(20)15(21)11-12)23-18(25)19(9-10-19)13-5-3-2-4-6-13/h2-8,11,16H,9-10H2,1H3,(H,22,24)(H,23,25). The Bertz CT molecular complexity index is 804. The smallest absolute Gasteiger partial charge is 0.246 e. The number of nitrogens with one attached hydrogen (secondary N) is 2. The molecule has 0 aliphatic heterocycles. The van der Waals surface area contributed by atoms with Crippen LogP contribution in [0.5, 0.6) is 0 Å². The van der Waals surface area contributed by atoms with Crippen LogP contribution in [0.3, 0.4) is 0 Å². The zero-order valence-electron chi connectivity index (χ0n) is 13.7. The van der Waals surface area contributed by atoms with E-state index in [1.165, 1.54) is 13.1 Å². The van der Waals surface area contributed by atoms with E-state index in [0.717, 1.165) is 17.7 Å². The Morgan fingerprint density at radius 2 is 1.72 bits per heavy atom. The Morgan fingerprint density at radius 3 is 2.28 bits per heavy atom. The molecule has 4 nitrogen and oxygen atoms in total. The number of halogens is 2. The highest BCUT2D eigenvalue weighted by Crippen LogP contribution is 2.48. The van der Waals surface area contributed by atoms with E-state index in [1.807, 2.05) is 30.3 Å². The van der Waals surface area contributed by atoms with Gasteiger partial charge in [-0.3, -0.25) is 9.59 Å². The van der Waals surface area contributed by atoms with Crippen molar-refractivity contribution in [3.63, 3.8) is 0 Å². The Labute approximate surface area is 144 Å². The third kappa shape index (κ3) is 3.24. The van der Waals surface area contributed by atoms with Crippen molar-refractivity contribution in [2.45, 2.75) is 24.3 Å². The van der Waals surface area contributed by atoms with Crippen LogP contribution in [0.4, 0.5) is 8.78 Å². The second-order valence-corrected chi connectivity index (χ2v) is 6.14. The molecule has 1 fully saturated rings. The maximum absolute atomic E-state index is 13.5. The molecule has 1 unspecified atom stereocenters. The fraction of sp³-hybridized carbons (Fsp3) is 0.263. The quantitative estimate of drug-likeness (QED) is 0.876. The van der Waals surface area contributed by atoms with E-state index in [4.69, 9.17) is 0 Å². The first-order chi connectivity index (χ1) is 12.0. The van der Waals surface area contributed by atoms with E-state index in [2.05, 4.69) is 10.6 Å². The first kappa shape index (κ1) is 17.1. The van der Waals surface area contributed by atoms with Crippen molar-refractivity contribution >= 4 is 11.8 Å². The highest BCUT2D eigenvalue weighted by Gasteiger charge is 2.51. The van der Waals surface area contributed by atoms with E-state index in [0.29, 0.717) is 12.8 Å². The number of carbonyl (C=O) groups excluding carboxylic acids is 2. The molecule has 0 radical (unpaired) electrons. The van der Waals surface area contributed by atoms with E-state index < -0.39 is 29.0 Å². The van der Waals surface area contributed by atoms with Gasteiger partial charge in [-0.15, -0.1) is 0 Å². The van der Waals surface area contributed by atoms with Gasteiger partial charge in [0.2, 0.25) is 11.8 Å². The van der Waals surface area contributed by atoms with Crippen molar-refractivity contribution in [3.8, 4) is 0 Å². The van der Waals surface area contributed by atoms with Gasteiger partial charge in [-0.05, 0) is 36.1 Å². The Morgan fingerprint density at radius 1 is 1.04 bits per heavy atom. The summed E-state index contributed by atoms with van der Waals surface area (Å²) >= 11 is 0. The highest BCUT2D eigenvalue weighted by atomic mass is 19.2. The van der Waals surface area contributed by atoms with Crippen molar-refractivity contribution < 1.29 is 18.4 Å². The van der Waals surface area contributed by atoms with Gasteiger partial charge in [0.25, 0.3) is 0 Å². The molecule has 0 bridgehead atoms. The summed E-state index contributed by atoms with van der Waals surface area (Å²) in [6.07, 6.45) is 1.36. The van der Waals surface area contributed by atoms with Crippen LogP contribution >= 0.6 is 0 Å². The minimum Gasteiger partial charge on any atom is -0.357 e. The number of amides is 2. The number of likely N-dealkylation sites (N-methyl/N-ethyl adjacent to an activating group) is 1. The van der Waals surface area contributed by atoms with Crippen LogP contribution in [0.1, 0.15) is 30.0 Å². The number of rotatable bonds is 5. The zero-order chi connectivity index (χ0) is 18.0. The molecule has 2 amide bonds. The molecule has 0 saturated heterocycles. The number of benzene rings is 2. The lowest BCUT2D eigenvalue weighted by atomic mass is 9.94. The molecule has 130 valence electrons. The Kier molecular flexibility index (Phi) is 4.53. The van der Waals surface area contributed by atoms with Crippen molar-refractivity contribution in [2.24, 2.45) is 0 Å². The number of hydrogen-bond donors (Lipinski definition) is 2. The molecule has 0 heterocycles. The summed E-state index contributed by atoms with van der Waals surface area (Å²) < 4.78 is 26.7. The van der Waals surface area contributed by atoms with E-state index in [-0.39, 0.29) is 11.5 Å². The fourth-order valence-electron chi connectivity index (χ4n) is 2.93.